The highest BCUT2D eigenvalue weighted by molar-refractivity contribution is 7.92. The molecule has 7 rings (SSSR count). The van der Waals surface area contributed by atoms with Gasteiger partial charge in [-0.3, -0.25) is 13.5 Å². The molecule has 4 heterocycles. The van der Waals surface area contributed by atoms with Crippen LogP contribution < -0.4 is 15.4 Å². The van der Waals surface area contributed by atoms with Crippen LogP contribution in [0.3, 0.4) is 0 Å². The first-order valence-electron chi connectivity index (χ1n) is 14.0. The second kappa shape index (κ2) is 10.0. The third-order valence-electron chi connectivity index (χ3n) is 8.06. The summed E-state index contributed by atoms with van der Waals surface area (Å²) in [5.41, 5.74) is 11.8. The van der Waals surface area contributed by atoms with E-state index in [4.69, 9.17) is 15.1 Å². The number of anilines is 2. The Balaban J connectivity index is 1.55. The molecule has 0 spiro atoms. The van der Waals surface area contributed by atoms with Crippen LogP contribution in [0.2, 0.25) is 0 Å². The van der Waals surface area contributed by atoms with Gasteiger partial charge < -0.3 is 15.5 Å². The molecule has 0 atom stereocenters. The summed E-state index contributed by atoms with van der Waals surface area (Å²) in [5.74, 6) is -0.254. The number of nitrogen functional groups attached to an aromatic ring is 1. The molecule has 4 aromatic heterocycles. The van der Waals surface area contributed by atoms with Crippen molar-refractivity contribution < 1.29 is 22.0 Å². The largest absolute Gasteiger partial charge is 0.455 e. The number of carbonyl (C=O) groups excluding carboxylic acids is 1. The first kappa shape index (κ1) is 28.3. The number of nitrogens with two attached hydrogens (primary N) is 1. The van der Waals surface area contributed by atoms with Crippen molar-refractivity contribution in [3.63, 3.8) is 0 Å². The Kier molecular flexibility index (Phi) is 6.30. The molecule has 0 unspecified atom stereocenters. The number of halogens is 1. The first-order chi connectivity index (χ1) is 21.5. The van der Waals surface area contributed by atoms with Crippen molar-refractivity contribution >= 4 is 66.0 Å². The topological polar surface area (TPSA) is 136 Å². The number of nitrogens with one attached hydrogen (secondary N) is 1. The minimum atomic E-state index is -3.73. The predicted molar refractivity (Wildman–Crippen MR) is 174 cm³/mol. The number of amides is 1. The van der Waals surface area contributed by atoms with Crippen molar-refractivity contribution in [1.82, 2.24) is 19.7 Å². The fourth-order valence-corrected chi connectivity index (χ4v) is 6.21. The van der Waals surface area contributed by atoms with Gasteiger partial charge in [0.25, 0.3) is 5.91 Å². The van der Waals surface area contributed by atoms with E-state index in [9.17, 15) is 17.6 Å². The molecule has 45 heavy (non-hydrogen) atoms. The van der Waals surface area contributed by atoms with Gasteiger partial charge in [0.1, 0.15) is 22.7 Å². The average Bonchev–Trinajstić information content (AvgIpc) is 3.60. The lowest BCUT2D eigenvalue weighted by Crippen LogP contribution is -2.25. The monoisotopic (exact) mass is 622 g/mol. The molecule has 0 aliphatic heterocycles. The third kappa shape index (κ3) is 4.44. The summed E-state index contributed by atoms with van der Waals surface area (Å²) in [4.78, 5) is 22.7. The maximum Gasteiger partial charge on any atom is 0.255 e. The van der Waals surface area contributed by atoms with Gasteiger partial charge in [0, 0.05) is 42.1 Å². The van der Waals surface area contributed by atoms with Gasteiger partial charge in [-0.1, -0.05) is 35.9 Å². The van der Waals surface area contributed by atoms with E-state index in [1.54, 1.807) is 46.9 Å². The van der Waals surface area contributed by atoms with Gasteiger partial charge in [-0.25, -0.2) is 22.8 Å². The minimum Gasteiger partial charge on any atom is -0.455 e. The average molecular weight is 623 g/mol. The fourth-order valence-electron chi connectivity index (χ4n) is 5.70. The maximum atomic E-state index is 14.8. The number of rotatable bonds is 5. The quantitative estimate of drug-likeness (QED) is 0.244. The third-order valence-corrected chi connectivity index (χ3v) is 9.25. The van der Waals surface area contributed by atoms with Crippen molar-refractivity contribution in [2.24, 2.45) is 0 Å². The molecule has 7 aromatic rings. The zero-order valence-electron chi connectivity index (χ0n) is 24.7. The van der Waals surface area contributed by atoms with Gasteiger partial charge in [0.2, 0.25) is 16.0 Å². The highest BCUT2D eigenvalue weighted by atomic mass is 32.2. The van der Waals surface area contributed by atoms with Gasteiger partial charge in [-0.15, -0.1) is 0 Å². The SMILES string of the molecule is CNC(=O)c1c(-c2ccc(C)cc2)oc2cc(N(C)S(C)(=O)=O)c(-c3ccc4nc(N)n5c6cccc(F)c6cc5c4n3)cc12. The van der Waals surface area contributed by atoms with Gasteiger partial charge in [0.15, 0.2) is 0 Å². The zero-order chi connectivity index (χ0) is 31.8. The van der Waals surface area contributed by atoms with Crippen LogP contribution in [0.25, 0.3) is 61.0 Å². The van der Waals surface area contributed by atoms with Crippen molar-refractivity contribution in [2.75, 3.05) is 30.4 Å². The van der Waals surface area contributed by atoms with E-state index in [-0.39, 0.29) is 17.5 Å². The highest BCUT2D eigenvalue weighted by Gasteiger charge is 2.26. The molecule has 3 N–H and O–H groups in total. The van der Waals surface area contributed by atoms with Crippen LogP contribution >= 0.6 is 0 Å². The zero-order valence-corrected chi connectivity index (χ0v) is 25.5. The number of carbonyl (C=O) groups is 1. The summed E-state index contributed by atoms with van der Waals surface area (Å²) in [6, 6.07) is 20.7. The molecular formula is C33H27FN6O4S. The highest BCUT2D eigenvalue weighted by Crippen LogP contribution is 2.41. The summed E-state index contributed by atoms with van der Waals surface area (Å²) in [7, 11) is -0.759. The molecule has 3 aromatic carbocycles. The van der Waals surface area contributed by atoms with E-state index in [0.29, 0.717) is 66.6 Å². The number of fused-ring (bicyclic) bond motifs is 6. The van der Waals surface area contributed by atoms with E-state index in [2.05, 4.69) is 10.3 Å². The second-order valence-corrected chi connectivity index (χ2v) is 12.9. The predicted octanol–water partition coefficient (Wildman–Crippen LogP) is 5.90. The van der Waals surface area contributed by atoms with Crippen molar-refractivity contribution in [1.29, 1.82) is 0 Å². The summed E-state index contributed by atoms with van der Waals surface area (Å²) >= 11 is 0. The van der Waals surface area contributed by atoms with Crippen LogP contribution in [0, 0.1) is 12.7 Å². The van der Waals surface area contributed by atoms with Crippen LogP contribution in [0.4, 0.5) is 16.0 Å². The summed E-state index contributed by atoms with van der Waals surface area (Å²) in [6.45, 7) is 1.96. The molecule has 0 aliphatic carbocycles. The lowest BCUT2D eigenvalue weighted by Gasteiger charge is -2.20. The van der Waals surface area contributed by atoms with Gasteiger partial charge >= 0.3 is 0 Å². The molecular weight excluding hydrogens is 595 g/mol. The van der Waals surface area contributed by atoms with Crippen LogP contribution in [-0.4, -0.2) is 49.0 Å². The Hall–Kier alpha value is -5.49. The van der Waals surface area contributed by atoms with Crippen LogP contribution in [0.5, 0.6) is 0 Å². The number of aryl methyl sites for hydroxylation is 1. The first-order valence-corrected chi connectivity index (χ1v) is 15.8. The second-order valence-electron chi connectivity index (χ2n) is 10.9. The van der Waals surface area contributed by atoms with Gasteiger partial charge in [-0.2, -0.15) is 0 Å². The van der Waals surface area contributed by atoms with E-state index in [1.165, 1.54) is 20.2 Å². The Morgan fingerprint density at radius 2 is 1.76 bits per heavy atom. The maximum absolute atomic E-state index is 14.8. The standard InChI is InChI=1S/C33H27FN6O4S/c1-17-8-10-18(11-9-17)31-29(32(41)36-2)21-14-20(26(16-28(21)44-31)39(3)45(4,42)43)23-12-13-24-30(37-23)27-15-19-22(34)6-5-7-25(19)40(27)33(35)38-24/h5-16H,1-4H3,(H2,35,38)(H,36,41). The molecule has 226 valence electrons. The van der Waals surface area contributed by atoms with Crippen LogP contribution in [0.1, 0.15) is 15.9 Å². The molecule has 0 radical (unpaired) electrons. The van der Waals surface area contributed by atoms with Gasteiger partial charge in [0.05, 0.1) is 39.8 Å². The van der Waals surface area contributed by atoms with Gasteiger partial charge in [-0.05, 0) is 43.3 Å². The van der Waals surface area contributed by atoms with Crippen LogP contribution in [0.15, 0.2) is 77.2 Å². The number of furan rings is 1. The van der Waals surface area contributed by atoms with Crippen molar-refractivity contribution in [3.05, 3.63) is 89.7 Å². The normalized spacial score (nSPS) is 12.0. The van der Waals surface area contributed by atoms with Crippen LogP contribution in [-0.2, 0) is 10.0 Å². The molecule has 12 heteroatoms. The number of hydrogen-bond donors (Lipinski definition) is 2. The molecule has 0 saturated carbocycles. The number of nitrogens with zero attached hydrogens (tertiary/aromatic N) is 4. The molecule has 0 fully saturated rings. The number of aromatic nitrogens is 3. The van der Waals surface area contributed by atoms with Crippen molar-refractivity contribution in [3.8, 4) is 22.6 Å². The van der Waals surface area contributed by atoms with Crippen molar-refractivity contribution in [2.45, 2.75) is 6.92 Å². The fraction of sp³-hybridized carbons (Fsp3) is 0.121. The molecule has 0 bridgehead atoms. The van der Waals surface area contributed by atoms with E-state index >= 15 is 0 Å². The Morgan fingerprint density at radius 3 is 2.47 bits per heavy atom. The molecule has 10 nitrogen and oxygen atoms in total. The number of sulfonamides is 1. The molecule has 0 saturated heterocycles. The Morgan fingerprint density at radius 1 is 1.00 bits per heavy atom. The Bertz CT molecular complexity index is 2470. The van der Waals surface area contributed by atoms with E-state index in [1.807, 2.05) is 31.2 Å². The minimum absolute atomic E-state index is 0.170. The Labute approximate surface area is 257 Å². The molecule has 1 amide bonds. The lowest BCUT2D eigenvalue weighted by molar-refractivity contribution is 0.0964. The number of hydrogen-bond acceptors (Lipinski definition) is 7. The van der Waals surface area contributed by atoms with E-state index in [0.717, 1.165) is 16.1 Å². The summed E-state index contributed by atoms with van der Waals surface area (Å²) in [5, 5.41) is 3.53. The number of pyridine rings is 1. The smallest absolute Gasteiger partial charge is 0.255 e. The summed E-state index contributed by atoms with van der Waals surface area (Å²) < 4.78 is 49.5. The van der Waals surface area contributed by atoms with E-state index < -0.39 is 15.8 Å². The number of benzene rings is 3. The lowest BCUT2D eigenvalue weighted by atomic mass is 10.00. The summed E-state index contributed by atoms with van der Waals surface area (Å²) in [6.07, 6.45) is 1.10. The molecule has 0 aliphatic rings.